The van der Waals surface area contributed by atoms with E-state index in [0.29, 0.717) is 12.1 Å². The van der Waals surface area contributed by atoms with Crippen LogP contribution in [0.5, 0.6) is 5.75 Å². The molecule has 1 amide bonds. The number of hydrogen-bond acceptors (Lipinski definition) is 3. The molecule has 0 heterocycles. The zero-order valence-electron chi connectivity index (χ0n) is 9.00. The Kier molecular flexibility index (Phi) is 4.72. The van der Waals surface area contributed by atoms with Gasteiger partial charge in [0.2, 0.25) is 5.91 Å². The van der Waals surface area contributed by atoms with Crippen molar-refractivity contribution in [2.75, 3.05) is 18.5 Å². The van der Waals surface area contributed by atoms with Crippen LogP contribution in [0.25, 0.3) is 0 Å². The van der Waals surface area contributed by atoms with E-state index in [4.69, 9.17) is 9.84 Å². The van der Waals surface area contributed by atoms with Crippen molar-refractivity contribution >= 4 is 11.6 Å². The number of ether oxygens (including phenoxy) is 1. The molecule has 0 spiro atoms. The van der Waals surface area contributed by atoms with Crippen molar-refractivity contribution in [3.63, 3.8) is 0 Å². The molecule has 5 heteroatoms. The molecule has 0 aliphatic heterocycles. The molecule has 1 rings (SSSR count). The van der Waals surface area contributed by atoms with Gasteiger partial charge < -0.3 is 15.2 Å². The fourth-order valence-electron chi connectivity index (χ4n) is 1.16. The summed E-state index contributed by atoms with van der Waals surface area (Å²) in [5.41, 5.74) is 0.423. The molecule has 0 unspecified atom stereocenters. The van der Waals surface area contributed by atoms with Crippen LogP contribution in [0.1, 0.15) is 13.3 Å². The van der Waals surface area contributed by atoms with Crippen molar-refractivity contribution in [3.8, 4) is 5.75 Å². The highest BCUT2D eigenvalue weighted by molar-refractivity contribution is 5.90. The van der Waals surface area contributed by atoms with Crippen LogP contribution < -0.4 is 10.1 Å². The number of nitrogens with one attached hydrogen (secondary N) is 1. The summed E-state index contributed by atoms with van der Waals surface area (Å²) in [6.45, 7) is 1.64. The van der Waals surface area contributed by atoms with Crippen molar-refractivity contribution in [1.82, 2.24) is 0 Å². The zero-order valence-corrected chi connectivity index (χ0v) is 9.00. The van der Waals surface area contributed by atoms with Gasteiger partial charge in [0.15, 0.2) is 0 Å². The summed E-state index contributed by atoms with van der Waals surface area (Å²) in [4.78, 5) is 10.9. The number of anilines is 1. The number of carbonyl (C=O) groups is 1. The van der Waals surface area contributed by atoms with E-state index in [9.17, 15) is 9.18 Å². The quantitative estimate of drug-likeness (QED) is 0.750. The molecule has 0 saturated carbocycles. The Labute approximate surface area is 93.0 Å². The number of benzene rings is 1. The summed E-state index contributed by atoms with van der Waals surface area (Å²) in [6, 6.07) is 3.87. The molecule has 0 aromatic heterocycles. The summed E-state index contributed by atoms with van der Waals surface area (Å²) < 4.78 is 18.2. The lowest BCUT2D eigenvalue weighted by molar-refractivity contribution is -0.114. The van der Waals surface area contributed by atoms with Gasteiger partial charge in [-0.2, -0.15) is 0 Å². The zero-order chi connectivity index (χ0) is 12.0. The first-order valence-corrected chi connectivity index (χ1v) is 4.94. The lowest BCUT2D eigenvalue weighted by Crippen LogP contribution is -2.09. The van der Waals surface area contributed by atoms with Gasteiger partial charge in [0, 0.05) is 26.0 Å². The molecule has 0 atom stereocenters. The number of hydrogen-bond donors (Lipinski definition) is 2. The molecule has 0 saturated heterocycles. The fraction of sp³-hybridized carbons (Fsp3) is 0.364. The van der Waals surface area contributed by atoms with E-state index in [2.05, 4.69) is 5.32 Å². The molecule has 16 heavy (non-hydrogen) atoms. The van der Waals surface area contributed by atoms with Crippen molar-refractivity contribution < 1.29 is 19.0 Å². The normalized spacial score (nSPS) is 9.94. The van der Waals surface area contributed by atoms with Gasteiger partial charge >= 0.3 is 0 Å². The van der Waals surface area contributed by atoms with Crippen molar-refractivity contribution in [2.45, 2.75) is 13.3 Å². The number of carbonyl (C=O) groups excluding carboxylic acids is 1. The maximum atomic E-state index is 13.0. The average molecular weight is 227 g/mol. The van der Waals surface area contributed by atoms with E-state index in [-0.39, 0.29) is 24.9 Å². The Balaban J connectivity index is 2.76. The predicted molar refractivity (Wildman–Crippen MR) is 57.9 cm³/mol. The maximum Gasteiger partial charge on any atom is 0.221 e. The Bertz CT molecular complexity index is 368. The first-order valence-electron chi connectivity index (χ1n) is 4.94. The number of aliphatic hydroxyl groups is 1. The van der Waals surface area contributed by atoms with Crippen molar-refractivity contribution in [3.05, 3.63) is 24.0 Å². The molecule has 88 valence electrons. The Morgan fingerprint density at radius 1 is 1.56 bits per heavy atom. The van der Waals surface area contributed by atoms with Crippen molar-refractivity contribution in [2.24, 2.45) is 0 Å². The molecule has 2 N–H and O–H groups in total. The summed E-state index contributed by atoms with van der Waals surface area (Å²) in [5.74, 6) is -0.421. The van der Waals surface area contributed by atoms with Crippen LogP contribution in [0.2, 0.25) is 0 Å². The van der Waals surface area contributed by atoms with E-state index in [0.717, 1.165) is 0 Å². The van der Waals surface area contributed by atoms with Gasteiger partial charge in [-0.1, -0.05) is 0 Å². The molecule has 1 aromatic carbocycles. The number of amides is 1. The molecule has 0 bridgehead atoms. The van der Waals surface area contributed by atoms with Crippen LogP contribution >= 0.6 is 0 Å². The van der Waals surface area contributed by atoms with Gasteiger partial charge in [-0.3, -0.25) is 4.79 Å². The highest BCUT2D eigenvalue weighted by atomic mass is 19.1. The second-order valence-corrected chi connectivity index (χ2v) is 3.25. The van der Waals surface area contributed by atoms with E-state index >= 15 is 0 Å². The van der Waals surface area contributed by atoms with Crippen LogP contribution in [0.15, 0.2) is 18.2 Å². The van der Waals surface area contributed by atoms with Crippen LogP contribution in [0.3, 0.4) is 0 Å². The lowest BCUT2D eigenvalue weighted by Gasteiger charge is -2.11. The molecular formula is C11H14FNO3. The van der Waals surface area contributed by atoms with E-state index < -0.39 is 5.82 Å². The number of aliphatic hydroxyl groups excluding tert-OH is 1. The first kappa shape index (κ1) is 12.4. The average Bonchev–Trinajstić information content (AvgIpc) is 2.22. The first-order chi connectivity index (χ1) is 7.63. The third kappa shape index (κ3) is 3.86. The molecule has 4 nitrogen and oxygen atoms in total. The van der Waals surface area contributed by atoms with Gasteiger partial charge in [0.05, 0.1) is 12.3 Å². The lowest BCUT2D eigenvalue weighted by atomic mass is 10.3. The summed E-state index contributed by atoms with van der Waals surface area (Å²) >= 11 is 0. The minimum atomic E-state index is -0.437. The van der Waals surface area contributed by atoms with Gasteiger partial charge in [-0.15, -0.1) is 0 Å². The third-order valence-electron chi connectivity index (χ3n) is 1.81. The van der Waals surface area contributed by atoms with E-state index in [1.54, 1.807) is 0 Å². The topological polar surface area (TPSA) is 58.6 Å². The smallest absolute Gasteiger partial charge is 0.221 e. The molecule has 1 aromatic rings. The Morgan fingerprint density at radius 3 is 2.94 bits per heavy atom. The monoisotopic (exact) mass is 227 g/mol. The standard InChI is InChI=1S/C11H14FNO3/c1-8(15)13-10-4-3-9(12)7-11(10)16-6-2-5-14/h3-4,7,14H,2,5-6H2,1H3,(H,13,15). The fourth-order valence-corrected chi connectivity index (χ4v) is 1.16. The molecule has 0 aliphatic carbocycles. The SMILES string of the molecule is CC(=O)Nc1ccc(F)cc1OCCCO. The summed E-state index contributed by atoms with van der Waals surface area (Å²) in [6.07, 6.45) is 0.454. The maximum absolute atomic E-state index is 13.0. The second-order valence-electron chi connectivity index (χ2n) is 3.25. The van der Waals surface area contributed by atoms with Crippen LogP contribution in [0.4, 0.5) is 10.1 Å². The van der Waals surface area contributed by atoms with E-state index in [1.807, 2.05) is 0 Å². The third-order valence-corrected chi connectivity index (χ3v) is 1.81. The predicted octanol–water partition coefficient (Wildman–Crippen LogP) is 1.55. The molecule has 0 fully saturated rings. The Hall–Kier alpha value is -1.62. The van der Waals surface area contributed by atoms with Gasteiger partial charge in [-0.05, 0) is 12.1 Å². The summed E-state index contributed by atoms with van der Waals surface area (Å²) in [7, 11) is 0. The second kappa shape index (κ2) is 6.07. The number of rotatable bonds is 5. The molecular weight excluding hydrogens is 213 g/mol. The van der Waals surface area contributed by atoms with Gasteiger partial charge in [0.25, 0.3) is 0 Å². The van der Waals surface area contributed by atoms with Gasteiger partial charge in [0.1, 0.15) is 11.6 Å². The minimum Gasteiger partial charge on any atom is -0.491 e. The van der Waals surface area contributed by atoms with Crippen LogP contribution in [-0.4, -0.2) is 24.2 Å². The molecule has 0 aliphatic rings. The highest BCUT2D eigenvalue weighted by Gasteiger charge is 2.06. The highest BCUT2D eigenvalue weighted by Crippen LogP contribution is 2.25. The largest absolute Gasteiger partial charge is 0.491 e. The van der Waals surface area contributed by atoms with E-state index in [1.165, 1.54) is 25.1 Å². The summed E-state index contributed by atoms with van der Waals surface area (Å²) in [5, 5.41) is 11.1. The Morgan fingerprint density at radius 2 is 2.31 bits per heavy atom. The number of halogens is 1. The minimum absolute atomic E-state index is 0.00475. The van der Waals surface area contributed by atoms with Crippen molar-refractivity contribution in [1.29, 1.82) is 0 Å². The molecule has 0 radical (unpaired) electrons. The van der Waals surface area contributed by atoms with Gasteiger partial charge in [-0.25, -0.2) is 4.39 Å². The van der Waals surface area contributed by atoms with Crippen LogP contribution in [-0.2, 0) is 4.79 Å². The van der Waals surface area contributed by atoms with Crippen LogP contribution in [0, 0.1) is 5.82 Å².